The Bertz CT molecular complexity index is 2740. The monoisotopic (exact) mass is 952 g/mol. The van der Waals surface area contributed by atoms with Crippen LogP contribution in [0.15, 0.2) is 119 Å². The summed E-state index contributed by atoms with van der Waals surface area (Å²) in [6, 6.07) is 30.6. The number of nitrogens with zero attached hydrogens (tertiary/aromatic N) is 6. The highest BCUT2D eigenvalue weighted by molar-refractivity contribution is 6.00. The van der Waals surface area contributed by atoms with Crippen LogP contribution in [0.5, 0.6) is 0 Å². The van der Waals surface area contributed by atoms with E-state index in [1.807, 2.05) is 74.5 Å². The number of aryl methyl sites for hydroxylation is 4. The lowest BCUT2D eigenvalue weighted by Crippen LogP contribution is -2.03. The number of benzene rings is 6. The molecule has 0 heterocycles. The minimum Gasteiger partial charge on any atom is -0.392 e. The number of aliphatic hydroxyl groups excluding tert-OH is 2. The van der Waals surface area contributed by atoms with Crippen LogP contribution in [0.2, 0.25) is 0 Å². The number of anilines is 2. The first kappa shape index (κ1) is 52.7. The van der Waals surface area contributed by atoms with E-state index < -0.39 is 31.1 Å². The number of hydrogen-bond acceptors (Lipinski definition) is 14. The molecule has 6 aromatic rings. The molecule has 0 amide bonds. The Morgan fingerprint density at radius 2 is 0.843 bits per heavy atom. The lowest BCUT2D eigenvalue weighted by Gasteiger charge is -2.16. The fourth-order valence-corrected chi connectivity index (χ4v) is 7.94. The van der Waals surface area contributed by atoms with Crippen LogP contribution in [0.3, 0.4) is 0 Å². The molecular formula is C52H56N8O10. The van der Waals surface area contributed by atoms with E-state index in [-0.39, 0.29) is 36.0 Å². The molecule has 0 radical (unpaired) electrons. The summed E-state index contributed by atoms with van der Waals surface area (Å²) >= 11 is 0. The van der Waals surface area contributed by atoms with Crippen molar-refractivity contribution in [2.75, 3.05) is 10.9 Å². The highest BCUT2D eigenvalue weighted by Gasteiger charge is 2.21. The fourth-order valence-electron chi connectivity index (χ4n) is 7.94. The molecule has 0 saturated carbocycles. The normalized spacial score (nSPS) is 11.4. The van der Waals surface area contributed by atoms with Crippen LogP contribution in [0, 0.1) is 54.3 Å². The van der Waals surface area contributed by atoms with Gasteiger partial charge in [0.05, 0.1) is 56.5 Å². The number of nitro groups is 4. The van der Waals surface area contributed by atoms with Gasteiger partial charge in [-0.1, -0.05) is 111 Å². The summed E-state index contributed by atoms with van der Waals surface area (Å²) in [6.45, 7) is 11.8. The van der Waals surface area contributed by atoms with Gasteiger partial charge < -0.3 is 10.2 Å². The zero-order valence-corrected chi connectivity index (χ0v) is 39.9. The van der Waals surface area contributed by atoms with E-state index in [4.69, 9.17) is 0 Å². The molecule has 0 aliphatic carbocycles. The van der Waals surface area contributed by atoms with Crippen molar-refractivity contribution >= 4 is 45.5 Å². The highest BCUT2D eigenvalue weighted by atomic mass is 16.6. The van der Waals surface area contributed by atoms with Gasteiger partial charge in [0.25, 0.3) is 11.4 Å². The Morgan fingerprint density at radius 1 is 0.500 bits per heavy atom. The molecule has 0 aromatic heterocycles. The predicted octanol–water partition coefficient (Wildman–Crippen LogP) is 12.3. The molecule has 0 spiro atoms. The molecule has 4 N–H and O–H groups in total. The first-order chi connectivity index (χ1) is 33.5. The van der Waals surface area contributed by atoms with E-state index in [0.717, 1.165) is 106 Å². The Hall–Kier alpha value is -8.22. The molecule has 364 valence electrons. The predicted molar refractivity (Wildman–Crippen MR) is 273 cm³/mol. The number of unbranched alkanes of at least 4 members (excludes halogenated alkanes) is 2. The smallest absolute Gasteiger partial charge is 0.301 e. The summed E-state index contributed by atoms with van der Waals surface area (Å²) in [7, 11) is 0. The molecule has 18 heteroatoms. The molecule has 18 nitrogen and oxygen atoms in total. The van der Waals surface area contributed by atoms with Crippen molar-refractivity contribution < 1.29 is 29.9 Å². The van der Waals surface area contributed by atoms with Crippen molar-refractivity contribution in [3.05, 3.63) is 194 Å². The van der Waals surface area contributed by atoms with Crippen LogP contribution in [0.4, 0.5) is 34.1 Å². The van der Waals surface area contributed by atoms with E-state index in [2.05, 4.69) is 47.0 Å². The number of nitrogens with one attached hydrogen (secondary N) is 2. The summed E-state index contributed by atoms with van der Waals surface area (Å²) in [5.41, 5.74) is 17.1. The summed E-state index contributed by atoms with van der Waals surface area (Å²) in [5.74, 6) is 0. The highest BCUT2D eigenvalue weighted by Crippen LogP contribution is 2.34. The number of aliphatic hydroxyl groups is 2. The molecule has 6 rings (SSSR count). The molecule has 0 atom stereocenters. The van der Waals surface area contributed by atoms with Gasteiger partial charge in [-0.25, -0.2) is 0 Å². The Labute approximate surface area is 405 Å². The maximum Gasteiger partial charge on any atom is 0.301 e. The second kappa shape index (κ2) is 24.7. The maximum atomic E-state index is 11.3. The number of nitro benzene ring substituents is 4. The third kappa shape index (κ3) is 13.5. The lowest BCUT2D eigenvalue weighted by atomic mass is 9.89. The number of non-ortho nitro benzene ring substituents is 2. The van der Waals surface area contributed by atoms with Crippen LogP contribution in [0.25, 0.3) is 22.3 Å². The van der Waals surface area contributed by atoms with E-state index in [0.29, 0.717) is 11.4 Å². The first-order valence-corrected chi connectivity index (χ1v) is 22.6. The van der Waals surface area contributed by atoms with Gasteiger partial charge in [0, 0.05) is 12.1 Å². The van der Waals surface area contributed by atoms with Crippen molar-refractivity contribution in [3.63, 3.8) is 0 Å². The van der Waals surface area contributed by atoms with Crippen LogP contribution in [-0.4, -0.2) is 41.3 Å². The molecular weight excluding hydrogens is 897 g/mol. The van der Waals surface area contributed by atoms with Crippen LogP contribution in [-0.2, 0) is 26.1 Å². The minimum atomic E-state index is -0.689. The molecule has 0 saturated heterocycles. The summed E-state index contributed by atoms with van der Waals surface area (Å²) in [5, 5.41) is 72.9. The minimum absolute atomic E-state index is 0.0453. The quantitative estimate of drug-likeness (QED) is 0.0316. The van der Waals surface area contributed by atoms with Crippen molar-refractivity contribution in [1.82, 2.24) is 0 Å². The van der Waals surface area contributed by atoms with Crippen LogP contribution in [0.1, 0.15) is 97.9 Å². The van der Waals surface area contributed by atoms with Crippen molar-refractivity contribution in [2.24, 2.45) is 10.2 Å². The fraction of sp³-hybridized carbons (Fsp3) is 0.269. The van der Waals surface area contributed by atoms with E-state index in [1.165, 1.54) is 35.4 Å². The van der Waals surface area contributed by atoms with Gasteiger partial charge >= 0.3 is 11.4 Å². The molecule has 0 aliphatic heterocycles. The third-order valence-corrected chi connectivity index (χ3v) is 11.5. The van der Waals surface area contributed by atoms with Gasteiger partial charge in [-0.2, -0.15) is 10.2 Å². The van der Waals surface area contributed by atoms with Crippen LogP contribution >= 0.6 is 0 Å². The van der Waals surface area contributed by atoms with Gasteiger partial charge in [0.1, 0.15) is 11.4 Å². The molecule has 0 aliphatic rings. The SMILES string of the molecule is CCCCc1cc(C)cc(CO)c1-c1ccc(/C(C)=N/Nc2ccc([N+](=O)[O-])cc2[N+](=O)[O-])cc1.CCCCc1cc(C)cc(CO)c1-c1ccc(/C(C)=N/Nc2ccc([N+](=O)[O-])cc2[N+](=O)[O-])cc1. The molecule has 0 fully saturated rings. The van der Waals surface area contributed by atoms with E-state index in [9.17, 15) is 50.7 Å². The van der Waals surface area contributed by atoms with Crippen molar-refractivity contribution in [1.29, 1.82) is 0 Å². The zero-order chi connectivity index (χ0) is 51.1. The van der Waals surface area contributed by atoms with Gasteiger partial charge in [-0.15, -0.1) is 0 Å². The molecule has 0 unspecified atom stereocenters. The lowest BCUT2D eigenvalue weighted by molar-refractivity contribution is -0.393. The van der Waals surface area contributed by atoms with Gasteiger partial charge in [0.15, 0.2) is 0 Å². The van der Waals surface area contributed by atoms with Crippen LogP contribution < -0.4 is 10.9 Å². The largest absolute Gasteiger partial charge is 0.392 e. The average molecular weight is 953 g/mol. The first-order valence-electron chi connectivity index (χ1n) is 22.6. The molecule has 6 aromatic carbocycles. The maximum absolute atomic E-state index is 11.3. The zero-order valence-electron chi connectivity index (χ0n) is 39.9. The second-order valence-electron chi connectivity index (χ2n) is 16.6. The molecule has 70 heavy (non-hydrogen) atoms. The van der Waals surface area contributed by atoms with Gasteiger partial charge in [-0.3, -0.25) is 51.3 Å². The third-order valence-electron chi connectivity index (χ3n) is 11.5. The van der Waals surface area contributed by atoms with Crippen molar-refractivity contribution in [2.45, 2.75) is 93.3 Å². The Morgan fingerprint density at radius 3 is 1.14 bits per heavy atom. The topological polar surface area (TPSA) is 262 Å². The number of rotatable bonds is 20. The van der Waals surface area contributed by atoms with E-state index in [1.54, 1.807) is 13.8 Å². The van der Waals surface area contributed by atoms with Crippen molar-refractivity contribution in [3.8, 4) is 22.3 Å². The second-order valence-corrected chi connectivity index (χ2v) is 16.6. The summed E-state index contributed by atoms with van der Waals surface area (Å²) < 4.78 is 0. The van der Waals surface area contributed by atoms with E-state index >= 15 is 0 Å². The summed E-state index contributed by atoms with van der Waals surface area (Å²) in [4.78, 5) is 41.7. The van der Waals surface area contributed by atoms with Gasteiger partial charge in [-0.05, 0) is 121 Å². The molecule has 0 bridgehead atoms. The van der Waals surface area contributed by atoms with Gasteiger partial charge in [0.2, 0.25) is 0 Å². The number of hydrogen-bond donors (Lipinski definition) is 4. The Balaban J connectivity index is 0.000000261. The average Bonchev–Trinajstić information content (AvgIpc) is 3.35. The summed E-state index contributed by atoms with van der Waals surface area (Å²) in [6.07, 6.45) is 6.14. The standard InChI is InChI=1S/2C26H28N4O5/c2*1-4-5-6-21-13-17(2)14-22(16-31)26(21)20-9-7-19(8-10-20)18(3)27-28-24-12-11-23(29(32)33)15-25(24)30(34)35/h2*7-15,28,31H,4-6,16H2,1-3H3/b2*27-18+. The Kier molecular flexibility index (Phi) is 18.6. The number of hydrazone groups is 2.